The van der Waals surface area contributed by atoms with Crippen LogP contribution < -0.4 is 10.5 Å². The smallest absolute Gasteiger partial charge is 0.237 e. The normalized spacial score (nSPS) is 11.3. The molecule has 20 heavy (non-hydrogen) atoms. The minimum absolute atomic E-state index is 0.224. The molecule has 0 aliphatic heterocycles. The number of anilines is 2. The molecule has 0 amide bonds. The summed E-state index contributed by atoms with van der Waals surface area (Å²) in [5.41, 5.74) is 6.98. The number of nitrogens with one attached hydrogen (secondary N) is 1. The van der Waals surface area contributed by atoms with Gasteiger partial charge in [0.05, 0.1) is 16.5 Å². The Morgan fingerprint density at radius 2 is 1.80 bits per heavy atom. The molecule has 0 aliphatic rings. The Balaban J connectivity index is 2.22. The first-order chi connectivity index (χ1) is 9.37. The predicted octanol–water partition coefficient (Wildman–Crippen LogP) is 3.52. The van der Waals surface area contributed by atoms with Gasteiger partial charge in [0.1, 0.15) is 0 Å². The second-order valence-corrected chi connectivity index (χ2v) is 6.75. The number of nitrogen functional groups attached to an aromatic ring is 1. The van der Waals surface area contributed by atoms with Gasteiger partial charge in [-0.3, -0.25) is 4.72 Å². The summed E-state index contributed by atoms with van der Waals surface area (Å²) in [6.07, 6.45) is 0. The lowest BCUT2D eigenvalue weighted by Gasteiger charge is -2.11. The number of rotatable bonds is 4. The van der Waals surface area contributed by atoms with Crippen LogP contribution in [-0.4, -0.2) is 8.42 Å². The van der Waals surface area contributed by atoms with Gasteiger partial charge >= 0.3 is 0 Å². The second kappa shape index (κ2) is 5.91. The van der Waals surface area contributed by atoms with E-state index in [4.69, 9.17) is 28.9 Å². The number of hydrogen-bond donors (Lipinski definition) is 2. The van der Waals surface area contributed by atoms with Gasteiger partial charge in [-0.15, -0.1) is 0 Å². The van der Waals surface area contributed by atoms with Crippen LogP contribution >= 0.6 is 23.2 Å². The average Bonchev–Trinajstić information content (AvgIpc) is 2.35. The lowest BCUT2D eigenvalue weighted by atomic mass is 10.2. The molecular weight excluding hydrogens is 319 g/mol. The Hall–Kier alpha value is -1.43. The number of sulfonamides is 1. The first kappa shape index (κ1) is 15.0. The van der Waals surface area contributed by atoms with Gasteiger partial charge < -0.3 is 5.73 Å². The Kier molecular flexibility index (Phi) is 4.42. The summed E-state index contributed by atoms with van der Waals surface area (Å²) in [4.78, 5) is 0. The van der Waals surface area contributed by atoms with Gasteiger partial charge in [-0.05, 0) is 29.8 Å². The topological polar surface area (TPSA) is 72.2 Å². The summed E-state index contributed by atoms with van der Waals surface area (Å²) in [6, 6.07) is 11.3. The van der Waals surface area contributed by atoms with Crippen LogP contribution in [0.1, 0.15) is 5.56 Å². The van der Waals surface area contributed by atoms with Gasteiger partial charge in [0.2, 0.25) is 10.0 Å². The van der Waals surface area contributed by atoms with E-state index in [2.05, 4.69) is 4.72 Å². The van der Waals surface area contributed by atoms with Gasteiger partial charge in [-0.2, -0.15) is 0 Å². The molecule has 0 bridgehead atoms. The predicted molar refractivity (Wildman–Crippen MR) is 83.6 cm³/mol. The second-order valence-electron chi connectivity index (χ2n) is 4.18. The molecule has 7 heteroatoms. The summed E-state index contributed by atoms with van der Waals surface area (Å²) in [5, 5.41) is 0.673. The maximum Gasteiger partial charge on any atom is 0.237 e. The highest BCUT2D eigenvalue weighted by molar-refractivity contribution is 7.91. The van der Waals surface area contributed by atoms with E-state index >= 15 is 0 Å². The number of nitrogens with two attached hydrogens (primary N) is 1. The number of para-hydroxylation sites is 1. The van der Waals surface area contributed by atoms with Crippen molar-refractivity contribution in [1.29, 1.82) is 0 Å². The zero-order valence-electron chi connectivity index (χ0n) is 10.3. The summed E-state index contributed by atoms with van der Waals surface area (Å²) in [5.74, 6) is -0.224. The van der Waals surface area contributed by atoms with E-state index in [1.54, 1.807) is 30.3 Å². The minimum Gasteiger partial charge on any atom is -0.398 e. The molecule has 0 radical (unpaired) electrons. The van der Waals surface area contributed by atoms with E-state index in [0.717, 1.165) is 0 Å². The van der Waals surface area contributed by atoms with Crippen molar-refractivity contribution in [3.8, 4) is 0 Å². The van der Waals surface area contributed by atoms with Crippen LogP contribution in [-0.2, 0) is 15.8 Å². The van der Waals surface area contributed by atoms with E-state index < -0.39 is 10.0 Å². The van der Waals surface area contributed by atoms with E-state index in [9.17, 15) is 8.42 Å². The SMILES string of the molecule is Nc1ccccc1CS(=O)(=O)Nc1ccc(Cl)cc1Cl. The van der Waals surface area contributed by atoms with Gasteiger partial charge in [0.25, 0.3) is 0 Å². The lowest BCUT2D eigenvalue weighted by molar-refractivity contribution is 0.600. The molecule has 0 unspecified atom stereocenters. The maximum absolute atomic E-state index is 12.1. The molecule has 0 aromatic heterocycles. The fourth-order valence-electron chi connectivity index (χ4n) is 1.65. The van der Waals surface area contributed by atoms with E-state index in [0.29, 0.717) is 16.3 Å². The van der Waals surface area contributed by atoms with Gasteiger partial charge in [-0.1, -0.05) is 41.4 Å². The molecule has 0 heterocycles. The van der Waals surface area contributed by atoms with Crippen LogP contribution in [0.25, 0.3) is 0 Å². The van der Waals surface area contributed by atoms with Crippen molar-refractivity contribution in [3.63, 3.8) is 0 Å². The quantitative estimate of drug-likeness (QED) is 0.842. The van der Waals surface area contributed by atoms with E-state index in [-0.39, 0.29) is 16.5 Å². The number of halogens is 2. The molecule has 2 aromatic rings. The molecule has 0 fully saturated rings. The monoisotopic (exact) mass is 330 g/mol. The third kappa shape index (κ3) is 3.79. The summed E-state index contributed by atoms with van der Waals surface area (Å²) in [6.45, 7) is 0. The van der Waals surface area contributed by atoms with Crippen LogP contribution in [0.2, 0.25) is 10.0 Å². The molecule has 0 saturated carbocycles. The molecule has 0 atom stereocenters. The highest BCUT2D eigenvalue weighted by atomic mass is 35.5. The zero-order valence-corrected chi connectivity index (χ0v) is 12.6. The van der Waals surface area contributed by atoms with Crippen molar-refractivity contribution in [2.75, 3.05) is 10.5 Å². The van der Waals surface area contributed by atoms with Gasteiger partial charge in [0.15, 0.2) is 0 Å². The molecule has 106 valence electrons. The molecule has 0 spiro atoms. The Bertz CT molecular complexity index is 733. The molecular formula is C13H12Cl2N2O2S. The number of benzene rings is 2. The minimum atomic E-state index is -3.60. The van der Waals surface area contributed by atoms with E-state index in [1.807, 2.05) is 0 Å². The largest absolute Gasteiger partial charge is 0.398 e. The molecule has 2 rings (SSSR count). The lowest BCUT2D eigenvalue weighted by Crippen LogP contribution is -2.16. The Labute approximate surface area is 127 Å². The molecule has 0 saturated heterocycles. The van der Waals surface area contributed by atoms with Crippen LogP contribution in [0.3, 0.4) is 0 Å². The highest BCUT2D eigenvalue weighted by Crippen LogP contribution is 2.27. The summed E-state index contributed by atoms with van der Waals surface area (Å²) in [7, 11) is -3.60. The van der Waals surface area contributed by atoms with Gasteiger partial charge in [0, 0.05) is 10.7 Å². The summed E-state index contributed by atoms with van der Waals surface area (Å²) < 4.78 is 26.6. The van der Waals surface area contributed by atoms with Crippen LogP contribution in [0.15, 0.2) is 42.5 Å². The summed E-state index contributed by atoms with van der Waals surface area (Å²) >= 11 is 11.7. The molecule has 2 aromatic carbocycles. The third-order valence-corrected chi connectivity index (χ3v) is 4.37. The van der Waals surface area contributed by atoms with E-state index in [1.165, 1.54) is 12.1 Å². The highest BCUT2D eigenvalue weighted by Gasteiger charge is 2.15. The molecule has 4 nitrogen and oxygen atoms in total. The van der Waals surface area contributed by atoms with Crippen molar-refractivity contribution in [2.45, 2.75) is 5.75 Å². The van der Waals surface area contributed by atoms with Gasteiger partial charge in [-0.25, -0.2) is 8.42 Å². The standard InChI is InChI=1S/C13H12Cl2N2O2S/c14-10-5-6-13(11(15)7-10)17-20(18,19)8-9-3-1-2-4-12(9)16/h1-7,17H,8,16H2. The maximum atomic E-state index is 12.1. The zero-order chi connectivity index (χ0) is 14.8. The first-order valence-electron chi connectivity index (χ1n) is 5.66. The van der Waals surface area contributed by atoms with Crippen molar-refractivity contribution in [3.05, 3.63) is 58.1 Å². The Morgan fingerprint density at radius 3 is 2.45 bits per heavy atom. The Morgan fingerprint density at radius 1 is 1.10 bits per heavy atom. The van der Waals surface area contributed by atoms with Crippen LogP contribution in [0.4, 0.5) is 11.4 Å². The first-order valence-corrected chi connectivity index (χ1v) is 8.07. The van der Waals surface area contributed by atoms with Crippen LogP contribution in [0, 0.1) is 0 Å². The fraction of sp³-hybridized carbons (Fsp3) is 0.0769. The van der Waals surface area contributed by atoms with Crippen molar-refractivity contribution < 1.29 is 8.42 Å². The van der Waals surface area contributed by atoms with Crippen molar-refractivity contribution in [2.24, 2.45) is 0 Å². The van der Waals surface area contributed by atoms with Crippen molar-refractivity contribution >= 4 is 44.6 Å². The molecule has 0 aliphatic carbocycles. The number of hydrogen-bond acceptors (Lipinski definition) is 3. The third-order valence-electron chi connectivity index (χ3n) is 2.60. The average molecular weight is 331 g/mol. The van der Waals surface area contributed by atoms with Crippen LogP contribution in [0.5, 0.6) is 0 Å². The fourth-order valence-corrected chi connectivity index (χ4v) is 3.42. The van der Waals surface area contributed by atoms with Crippen molar-refractivity contribution in [1.82, 2.24) is 0 Å². The molecule has 3 N–H and O–H groups in total.